The van der Waals surface area contributed by atoms with Gasteiger partial charge in [0.1, 0.15) is 23.3 Å². The molecule has 8 aliphatic heterocycles. The highest BCUT2D eigenvalue weighted by Crippen LogP contribution is 2.38. The fraction of sp³-hybridized carbons (Fsp3) is 0.538. The number of hydrogen-bond donors (Lipinski definition) is 8. The molecule has 120 heavy (non-hydrogen) atoms. The van der Waals surface area contributed by atoms with Crippen LogP contribution in [0.15, 0.2) is 97.3 Å². The minimum absolute atomic E-state index is 0.0110. The van der Waals surface area contributed by atoms with Crippen LogP contribution in [-0.2, 0) is 32.2 Å². The lowest BCUT2D eigenvalue weighted by Gasteiger charge is -2.40. The Balaban J connectivity index is 0.000000133. The molecule has 0 bridgehead atoms. The van der Waals surface area contributed by atoms with Crippen LogP contribution >= 0.6 is 0 Å². The second-order valence-corrected chi connectivity index (χ2v) is 35.4. The van der Waals surface area contributed by atoms with Gasteiger partial charge in [-0.3, -0.25) is 28.9 Å². The molecule has 17 rings (SSSR count). The lowest BCUT2D eigenvalue weighted by atomic mass is 9.99. The van der Waals surface area contributed by atoms with Crippen molar-refractivity contribution in [2.75, 3.05) is 158 Å². The molecule has 7 amide bonds. The molecule has 2 aromatic heterocycles. The van der Waals surface area contributed by atoms with E-state index in [1.54, 1.807) is 34.2 Å². The minimum atomic E-state index is -0.922. The first kappa shape index (κ1) is 87.0. The summed E-state index contributed by atoms with van der Waals surface area (Å²) in [5.41, 5.74) is 13.9. The quantitative estimate of drug-likeness (QED) is 0.0502. The Labute approximate surface area is 705 Å². The van der Waals surface area contributed by atoms with Crippen LogP contribution in [0.3, 0.4) is 0 Å². The number of nitrogens with one attached hydrogen (secondary N) is 6. The standard InChI is InChI=1S/C27H34N6O2.C20H29N3O3.C17H24N2O4.C15H21N3O.C12H15N3O2/c1-18-14-20(26(34)29-21-6-7-21)5-8-23(18)32-12-10-31(11-13-32)17-19-15-22-25(28-16-19)33-9-3-2-4-24(33)27(35)30-22;1-14-13-15(18(24)21-16-6-7-16)5-8-17(14)22-9-11-23(12-10-22)19(25)26-20(2,3)4;1-12-11-13(15(20)21)5-6-14(12)18-7-9-19(10-8-18)16(22)23-17(2,3)4;1-11-10-12(15(19)17-13-3-4-13)2-5-14(11)18-8-6-16-7-9-18;16-7-8-5-9-11(13-6-8)15-4-2-1-3-10(15)12(17)14-9/h5,8,14-16,21,24H,2-4,6-7,9-13,17H2,1H3,(H,29,34)(H,30,35);5,8,13,16H,6-7,9-12H2,1-4H3,(H,21,24);5-6,11H,7-10H2,1-4H3,(H,20,21);2,5,10,13,16H,3-4,6-9H2,1H3,(H,17,19);5-6,10,16H,1-4,7H2,(H,14,17)/t24-;;;;10-/m0...0/s1. The zero-order chi connectivity index (χ0) is 85.1. The van der Waals surface area contributed by atoms with Crippen molar-refractivity contribution < 1.29 is 58.0 Å². The molecule has 6 saturated heterocycles. The fourth-order valence-corrected chi connectivity index (χ4v) is 16.5. The van der Waals surface area contributed by atoms with Crippen LogP contribution in [0.25, 0.3) is 0 Å². The van der Waals surface area contributed by atoms with Crippen LogP contribution in [0.4, 0.5) is 55.3 Å². The molecule has 8 N–H and O–H groups in total. The third-order valence-corrected chi connectivity index (χ3v) is 23.4. The maximum absolute atomic E-state index is 12.6. The van der Waals surface area contributed by atoms with Gasteiger partial charge in [0.2, 0.25) is 11.8 Å². The van der Waals surface area contributed by atoms with Crippen molar-refractivity contribution in [1.29, 1.82) is 0 Å². The van der Waals surface area contributed by atoms with Crippen LogP contribution in [0.1, 0.15) is 193 Å². The highest BCUT2D eigenvalue weighted by Gasteiger charge is 2.39. The summed E-state index contributed by atoms with van der Waals surface area (Å²) in [5.74, 6) is 1.12. The van der Waals surface area contributed by atoms with Gasteiger partial charge in [-0.25, -0.2) is 24.4 Å². The number of aryl methyl sites for hydroxylation is 4. The first-order valence-corrected chi connectivity index (χ1v) is 43.2. The number of carbonyl (C=O) groups excluding carboxylic acids is 7. The fourth-order valence-electron chi connectivity index (χ4n) is 16.5. The van der Waals surface area contributed by atoms with Crippen LogP contribution in [0.5, 0.6) is 0 Å². The largest absolute Gasteiger partial charge is 0.478 e. The Bertz CT molecular complexity index is 4680. The van der Waals surface area contributed by atoms with Gasteiger partial charge in [-0.1, -0.05) is 0 Å². The summed E-state index contributed by atoms with van der Waals surface area (Å²) in [4.78, 5) is 125. The number of rotatable bonds is 14. The van der Waals surface area contributed by atoms with Gasteiger partial charge in [0, 0.05) is 194 Å². The maximum atomic E-state index is 12.6. The lowest BCUT2D eigenvalue weighted by Crippen LogP contribution is -2.51. The van der Waals surface area contributed by atoms with Crippen molar-refractivity contribution in [2.24, 2.45) is 0 Å². The smallest absolute Gasteiger partial charge is 0.410 e. The minimum Gasteiger partial charge on any atom is -0.478 e. The second kappa shape index (κ2) is 38.7. The van der Waals surface area contributed by atoms with Gasteiger partial charge in [-0.2, -0.15) is 0 Å². The van der Waals surface area contributed by atoms with Gasteiger partial charge >= 0.3 is 18.2 Å². The molecule has 0 unspecified atom stereocenters. The van der Waals surface area contributed by atoms with E-state index in [2.05, 4.69) is 103 Å². The number of hydrogen-bond acceptors (Lipinski definition) is 21. The molecule has 3 aliphatic carbocycles. The summed E-state index contributed by atoms with van der Waals surface area (Å²) >= 11 is 0. The summed E-state index contributed by atoms with van der Waals surface area (Å²) in [6, 6.07) is 28.0. The molecule has 0 radical (unpaired) electrons. The number of aliphatic hydroxyl groups is 1. The Morgan fingerprint density at radius 3 is 1.12 bits per heavy atom. The molecule has 0 spiro atoms. The summed E-state index contributed by atoms with van der Waals surface area (Å²) in [5, 5.41) is 36.6. The number of aliphatic hydroxyl groups excluding tert-OH is 1. The molecular weight excluding hydrogens is 1520 g/mol. The molecule has 29 heteroatoms. The number of fused-ring (bicyclic) bond motifs is 6. The lowest BCUT2D eigenvalue weighted by molar-refractivity contribution is -0.118. The van der Waals surface area contributed by atoms with E-state index >= 15 is 0 Å². The summed E-state index contributed by atoms with van der Waals surface area (Å²) in [6.07, 6.45) is 16.0. The number of carboxylic acid groups (broad SMARTS) is 1. The number of anilines is 8. The number of aromatic carboxylic acids is 1. The number of piperazine rings is 4. The Kier molecular flexibility index (Phi) is 28.1. The van der Waals surface area contributed by atoms with Gasteiger partial charge in [-0.05, 0) is 265 Å². The number of aromatic nitrogens is 2. The Morgan fingerprint density at radius 1 is 0.433 bits per heavy atom. The van der Waals surface area contributed by atoms with E-state index < -0.39 is 17.2 Å². The van der Waals surface area contributed by atoms with Crippen molar-refractivity contribution in [3.63, 3.8) is 0 Å². The molecular formula is C91H123N17O12. The first-order valence-electron chi connectivity index (χ1n) is 43.2. The normalized spacial score (nSPS) is 19.6. The molecule has 29 nitrogen and oxygen atoms in total. The molecule has 2 atom stereocenters. The highest BCUT2D eigenvalue weighted by molar-refractivity contribution is 6.04. The third kappa shape index (κ3) is 23.2. The van der Waals surface area contributed by atoms with Gasteiger partial charge in [0.15, 0.2) is 11.6 Å². The number of benzene rings is 4. The molecule has 11 aliphatic rings. The van der Waals surface area contributed by atoms with Crippen LogP contribution in [-0.4, -0.2) is 242 Å². The monoisotopic (exact) mass is 1650 g/mol. The average Bonchev–Trinajstić information content (AvgIpc) is 1.35. The third-order valence-electron chi connectivity index (χ3n) is 23.4. The van der Waals surface area contributed by atoms with Crippen molar-refractivity contribution >= 4 is 93.5 Å². The Morgan fingerprint density at radius 2 is 0.775 bits per heavy atom. The predicted molar refractivity (Wildman–Crippen MR) is 467 cm³/mol. The van der Waals surface area contributed by atoms with Gasteiger partial charge in [0.05, 0.1) is 23.5 Å². The van der Waals surface area contributed by atoms with Crippen molar-refractivity contribution in [2.45, 2.75) is 201 Å². The van der Waals surface area contributed by atoms with E-state index in [1.165, 1.54) is 16.9 Å². The predicted octanol–water partition coefficient (Wildman–Crippen LogP) is 10.8. The van der Waals surface area contributed by atoms with Gasteiger partial charge < -0.3 is 90.8 Å². The van der Waals surface area contributed by atoms with Crippen LogP contribution < -0.4 is 61.3 Å². The number of carbonyl (C=O) groups is 8. The molecule has 4 aromatic carbocycles. The number of pyridine rings is 2. The zero-order valence-corrected chi connectivity index (χ0v) is 71.6. The summed E-state index contributed by atoms with van der Waals surface area (Å²) in [6.45, 7) is 35.2. The van der Waals surface area contributed by atoms with E-state index in [1.807, 2.05) is 110 Å². The highest BCUT2D eigenvalue weighted by atomic mass is 16.6. The number of ether oxygens (including phenoxy) is 2. The van der Waals surface area contributed by atoms with Gasteiger partial charge in [0.25, 0.3) is 17.7 Å². The van der Waals surface area contributed by atoms with E-state index in [9.17, 15) is 38.4 Å². The van der Waals surface area contributed by atoms with Crippen molar-refractivity contribution in [1.82, 2.24) is 45.9 Å². The molecule has 9 fully saturated rings. The maximum Gasteiger partial charge on any atom is 0.410 e. The number of nitrogens with zero attached hydrogens (tertiary/aromatic N) is 11. The molecule has 10 heterocycles. The second-order valence-electron chi connectivity index (χ2n) is 35.4. The number of amides is 7. The average molecular weight is 1650 g/mol. The van der Waals surface area contributed by atoms with Gasteiger partial charge in [-0.15, -0.1) is 0 Å². The SMILES string of the molecule is Cc1cc(C(=O)NC2CC2)ccc1N1CCN(C(=O)OC(C)(C)C)CC1.Cc1cc(C(=O)NC2CC2)ccc1N1CCN(Cc2cnc3c(c2)NC(=O)[C@@H]2CCCCN32)CC1.Cc1cc(C(=O)NC2CC2)ccc1N1CCNCC1.Cc1cc(C(=O)O)ccc1N1CCN(C(=O)OC(C)(C)C)CC1.O=C1Nc2cc(CO)cnc2N2CCCC[C@@H]12. The molecule has 644 valence electrons. The first-order chi connectivity index (χ1) is 57.5. The summed E-state index contributed by atoms with van der Waals surface area (Å²) < 4.78 is 10.8. The van der Waals surface area contributed by atoms with E-state index in [-0.39, 0.29) is 60.4 Å². The van der Waals surface area contributed by atoms with E-state index in [4.69, 9.17) is 24.7 Å². The Hall–Kier alpha value is -10.8. The zero-order valence-electron chi connectivity index (χ0n) is 71.6. The van der Waals surface area contributed by atoms with Crippen molar-refractivity contribution in [3.8, 4) is 0 Å². The number of carboxylic acids is 1. The van der Waals surface area contributed by atoms with Crippen LogP contribution in [0, 0.1) is 27.7 Å². The molecule has 3 saturated carbocycles. The van der Waals surface area contributed by atoms with Crippen LogP contribution in [0.2, 0.25) is 0 Å². The number of piperidine rings is 2. The van der Waals surface area contributed by atoms with E-state index in [0.29, 0.717) is 68.5 Å². The topological polar surface area (TPSA) is 323 Å². The van der Waals surface area contributed by atoms with Crippen molar-refractivity contribution in [3.05, 3.63) is 153 Å². The molecule has 6 aromatic rings. The van der Waals surface area contributed by atoms with E-state index in [0.717, 1.165) is 235 Å². The summed E-state index contributed by atoms with van der Waals surface area (Å²) in [7, 11) is 0.